The quantitative estimate of drug-likeness (QED) is 0.683. The molecule has 0 heterocycles. The molecule has 1 aromatic carbocycles. The second kappa shape index (κ2) is 8.72. The molecule has 0 spiro atoms. The van der Waals surface area contributed by atoms with Crippen molar-refractivity contribution < 1.29 is 19.7 Å². The van der Waals surface area contributed by atoms with Crippen LogP contribution in [0.15, 0.2) is 43.0 Å². The third kappa shape index (κ3) is 5.42. The van der Waals surface area contributed by atoms with Gasteiger partial charge in [-0.1, -0.05) is 50.3 Å². The highest BCUT2D eigenvalue weighted by atomic mass is 16.5. The predicted molar refractivity (Wildman–Crippen MR) is 81.6 cm³/mol. The molecule has 116 valence electrons. The molecule has 0 fully saturated rings. The number of aliphatic hydroxyl groups excluding tert-OH is 2. The number of Topliss-reactive ketones (excluding diaryl/α,β-unsaturated/α-hetero) is 1. The summed E-state index contributed by atoms with van der Waals surface area (Å²) in [6.07, 6.45) is -0.453. The monoisotopic (exact) mass is 292 g/mol. The molecule has 0 aliphatic carbocycles. The number of hydrogen-bond acceptors (Lipinski definition) is 4. The Morgan fingerprint density at radius 2 is 1.86 bits per heavy atom. The van der Waals surface area contributed by atoms with E-state index in [9.17, 15) is 15.0 Å². The Labute approximate surface area is 126 Å². The Morgan fingerprint density at radius 3 is 2.43 bits per heavy atom. The first-order valence-corrected chi connectivity index (χ1v) is 7.11. The molecule has 4 heteroatoms. The summed E-state index contributed by atoms with van der Waals surface area (Å²) in [6.45, 7) is 7.21. The van der Waals surface area contributed by atoms with Crippen LogP contribution in [0.4, 0.5) is 0 Å². The van der Waals surface area contributed by atoms with Gasteiger partial charge in [-0.25, -0.2) is 0 Å². The van der Waals surface area contributed by atoms with Gasteiger partial charge in [0.2, 0.25) is 0 Å². The molecule has 2 N–H and O–H groups in total. The molecule has 0 saturated carbocycles. The Balaban J connectivity index is 2.42. The molecule has 0 bridgehead atoms. The molecule has 21 heavy (non-hydrogen) atoms. The van der Waals surface area contributed by atoms with Crippen LogP contribution >= 0.6 is 0 Å². The summed E-state index contributed by atoms with van der Waals surface area (Å²) in [7, 11) is 0. The molecule has 0 aliphatic heterocycles. The van der Waals surface area contributed by atoms with Crippen molar-refractivity contribution in [2.24, 2.45) is 11.8 Å². The third-order valence-corrected chi connectivity index (χ3v) is 3.63. The van der Waals surface area contributed by atoms with Crippen LogP contribution in [0.5, 0.6) is 0 Å². The van der Waals surface area contributed by atoms with Crippen LogP contribution in [-0.2, 0) is 16.1 Å². The summed E-state index contributed by atoms with van der Waals surface area (Å²) < 4.78 is 5.43. The Hall–Kier alpha value is -1.49. The number of carbonyl (C=O) groups is 1. The number of ketones is 1. The molecule has 0 saturated heterocycles. The minimum Gasteiger partial charge on any atom is -0.390 e. The fourth-order valence-corrected chi connectivity index (χ4v) is 1.99. The normalized spacial score (nSPS) is 16.8. The molecular formula is C17H24O4. The second-order valence-corrected chi connectivity index (χ2v) is 5.27. The van der Waals surface area contributed by atoms with Gasteiger partial charge in [0.1, 0.15) is 5.78 Å². The second-order valence-electron chi connectivity index (χ2n) is 5.27. The van der Waals surface area contributed by atoms with Crippen LogP contribution in [-0.4, -0.2) is 34.8 Å². The van der Waals surface area contributed by atoms with Crippen LogP contribution in [0.2, 0.25) is 0 Å². The van der Waals surface area contributed by atoms with Crippen LogP contribution in [0.1, 0.15) is 19.4 Å². The van der Waals surface area contributed by atoms with Crippen molar-refractivity contribution in [3.8, 4) is 0 Å². The first-order valence-electron chi connectivity index (χ1n) is 7.11. The van der Waals surface area contributed by atoms with Gasteiger partial charge >= 0.3 is 0 Å². The van der Waals surface area contributed by atoms with Crippen molar-refractivity contribution in [2.75, 3.05) is 6.61 Å². The van der Waals surface area contributed by atoms with E-state index in [1.807, 2.05) is 30.3 Å². The highest BCUT2D eigenvalue weighted by Crippen LogP contribution is 2.16. The van der Waals surface area contributed by atoms with Gasteiger partial charge < -0.3 is 14.9 Å². The number of ether oxygens (including phenoxy) is 1. The summed E-state index contributed by atoms with van der Waals surface area (Å²) in [5.74, 6) is -1.37. The molecule has 0 aromatic heterocycles. The molecule has 0 amide bonds. The van der Waals surface area contributed by atoms with E-state index in [0.29, 0.717) is 6.61 Å². The van der Waals surface area contributed by atoms with E-state index in [1.54, 1.807) is 13.8 Å². The summed E-state index contributed by atoms with van der Waals surface area (Å²) in [4.78, 5) is 12.1. The van der Waals surface area contributed by atoms with E-state index in [1.165, 1.54) is 6.08 Å². The average Bonchev–Trinajstić information content (AvgIpc) is 2.52. The average molecular weight is 292 g/mol. The number of carbonyl (C=O) groups excluding carboxylic acids is 1. The van der Waals surface area contributed by atoms with Gasteiger partial charge in [0.05, 0.1) is 25.4 Å². The first kappa shape index (κ1) is 17.6. The van der Waals surface area contributed by atoms with Gasteiger partial charge in [0.25, 0.3) is 0 Å². The molecule has 4 atom stereocenters. The first-order chi connectivity index (χ1) is 9.97. The van der Waals surface area contributed by atoms with Crippen LogP contribution in [0, 0.1) is 11.8 Å². The van der Waals surface area contributed by atoms with Crippen LogP contribution in [0.25, 0.3) is 0 Å². The number of aliphatic hydroxyl groups is 2. The van der Waals surface area contributed by atoms with Crippen LogP contribution < -0.4 is 0 Å². The highest BCUT2D eigenvalue weighted by Gasteiger charge is 2.29. The summed E-state index contributed by atoms with van der Waals surface area (Å²) >= 11 is 0. The van der Waals surface area contributed by atoms with Gasteiger partial charge in [-0.3, -0.25) is 4.79 Å². The zero-order valence-corrected chi connectivity index (χ0v) is 12.6. The van der Waals surface area contributed by atoms with Crippen molar-refractivity contribution in [3.05, 3.63) is 48.6 Å². The lowest BCUT2D eigenvalue weighted by Gasteiger charge is -2.22. The Kier molecular flexibility index (Phi) is 7.29. The van der Waals surface area contributed by atoms with E-state index in [4.69, 9.17) is 4.74 Å². The van der Waals surface area contributed by atoms with Gasteiger partial charge in [0, 0.05) is 11.8 Å². The van der Waals surface area contributed by atoms with Crippen molar-refractivity contribution in [1.29, 1.82) is 0 Å². The zero-order valence-electron chi connectivity index (χ0n) is 12.6. The smallest absolute Gasteiger partial charge is 0.144 e. The van der Waals surface area contributed by atoms with Crippen molar-refractivity contribution in [3.63, 3.8) is 0 Å². The van der Waals surface area contributed by atoms with Gasteiger partial charge in [-0.2, -0.15) is 0 Å². The Bertz CT molecular complexity index is 443. The molecule has 0 radical (unpaired) electrons. The molecule has 0 aliphatic rings. The van der Waals surface area contributed by atoms with E-state index in [2.05, 4.69) is 6.58 Å². The maximum Gasteiger partial charge on any atom is 0.144 e. The maximum atomic E-state index is 12.1. The fourth-order valence-electron chi connectivity index (χ4n) is 1.99. The van der Waals surface area contributed by atoms with E-state index in [-0.39, 0.29) is 12.4 Å². The predicted octanol–water partition coefficient (Wildman–Crippen LogP) is 1.95. The molecular weight excluding hydrogens is 268 g/mol. The fraction of sp³-hybridized carbons (Fsp3) is 0.471. The largest absolute Gasteiger partial charge is 0.390 e. The minimum absolute atomic E-state index is 0.0820. The van der Waals surface area contributed by atoms with Gasteiger partial charge in [0.15, 0.2) is 0 Å². The summed E-state index contributed by atoms with van der Waals surface area (Å²) in [5.41, 5.74) is 1.01. The van der Waals surface area contributed by atoms with Crippen molar-refractivity contribution in [1.82, 2.24) is 0 Å². The lowest BCUT2D eigenvalue weighted by molar-refractivity contribution is -0.133. The highest BCUT2D eigenvalue weighted by molar-refractivity contribution is 5.84. The number of hydrogen-bond donors (Lipinski definition) is 2. The third-order valence-electron chi connectivity index (χ3n) is 3.63. The van der Waals surface area contributed by atoms with Crippen LogP contribution in [0.3, 0.4) is 0 Å². The lowest BCUT2D eigenvalue weighted by atomic mass is 9.88. The zero-order chi connectivity index (χ0) is 15.8. The lowest BCUT2D eigenvalue weighted by Crippen LogP contribution is -2.36. The van der Waals surface area contributed by atoms with E-state index >= 15 is 0 Å². The maximum absolute atomic E-state index is 12.1. The number of rotatable bonds is 9. The molecule has 1 rings (SSSR count). The molecule has 4 unspecified atom stereocenters. The van der Waals surface area contributed by atoms with E-state index in [0.717, 1.165) is 5.56 Å². The minimum atomic E-state index is -0.891. The Morgan fingerprint density at radius 1 is 1.24 bits per heavy atom. The number of benzene rings is 1. The van der Waals surface area contributed by atoms with E-state index < -0.39 is 24.0 Å². The molecule has 4 nitrogen and oxygen atoms in total. The standard InChI is InChI=1S/C17H24O4/c1-4-15(18)12(2)17(20)13(3)16(19)11-21-10-14-8-6-5-7-9-14/h4-9,12-13,15-16,18-19H,1,10-11H2,2-3H3. The SMILES string of the molecule is C=CC(O)C(C)C(=O)C(C)C(O)COCc1ccccc1. The summed E-state index contributed by atoms with van der Waals surface area (Å²) in [5, 5.41) is 19.6. The van der Waals surface area contributed by atoms with Gasteiger partial charge in [-0.15, -0.1) is 6.58 Å². The van der Waals surface area contributed by atoms with Crippen molar-refractivity contribution in [2.45, 2.75) is 32.7 Å². The van der Waals surface area contributed by atoms with Crippen molar-refractivity contribution >= 4 is 5.78 Å². The van der Waals surface area contributed by atoms with Gasteiger partial charge in [-0.05, 0) is 5.56 Å². The molecule has 1 aromatic rings. The topological polar surface area (TPSA) is 66.8 Å². The summed E-state index contributed by atoms with van der Waals surface area (Å²) in [6, 6.07) is 9.62.